The lowest BCUT2D eigenvalue weighted by Crippen LogP contribution is -2.36. The average Bonchev–Trinajstić information content (AvgIpc) is 2.70. The number of nitrogens with zero attached hydrogens (tertiary/aromatic N) is 1. The standard InChI is InChI=1S/C24H23Cl3N2O/c1-16-4-3-5-17(2)23(16)28-24(30)29(15-18-6-9-20(25)10-7-18)13-12-19-8-11-21(26)14-22(19)27/h3-11,14H,12-13,15H2,1-2H3,(H,28,30). The highest BCUT2D eigenvalue weighted by molar-refractivity contribution is 6.35. The molecule has 0 saturated carbocycles. The lowest BCUT2D eigenvalue weighted by atomic mass is 10.1. The first-order valence-corrected chi connectivity index (χ1v) is 10.8. The second kappa shape index (κ2) is 10.2. The SMILES string of the molecule is Cc1cccc(C)c1NC(=O)N(CCc1ccc(Cl)cc1Cl)Cc1ccc(Cl)cc1. The van der Waals surface area contributed by atoms with E-state index in [1.165, 1.54) is 0 Å². The number of rotatable bonds is 6. The van der Waals surface area contributed by atoms with Crippen LogP contribution in [0.1, 0.15) is 22.3 Å². The van der Waals surface area contributed by atoms with E-state index in [4.69, 9.17) is 34.8 Å². The van der Waals surface area contributed by atoms with Crippen LogP contribution in [0.4, 0.5) is 10.5 Å². The van der Waals surface area contributed by atoms with Gasteiger partial charge in [-0.1, -0.05) is 71.2 Å². The van der Waals surface area contributed by atoms with Gasteiger partial charge in [0.1, 0.15) is 0 Å². The molecule has 156 valence electrons. The molecule has 6 heteroatoms. The van der Waals surface area contributed by atoms with E-state index in [1.54, 1.807) is 11.0 Å². The van der Waals surface area contributed by atoms with Crippen LogP contribution in [-0.4, -0.2) is 17.5 Å². The molecule has 3 aromatic carbocycles. The summed E-state index contributed by atoms with van der Waals surface area (Å²) < 4.78 is 0. The smallest absolute Gasteiger partial charge is 0.320 e. The maximum Gasteiger partial charge on any atom is 0.322 e. The van der Waals surface area contributed by atoms with E-state index < -0.39 is 0 Å². The quantitative estimate of drug-likeness (QED) is 0.404. The van der Waals surface area contributed by atoms with E-state index in [2.05, 4.69) is 5.32 Å². The Morgan fingerprint density at radius 3 is 2.17 bits per heavy atom. The van der Waals surface area contributed by atoms with Crippen LogP contribution < -0.4 is 5.32 Å². The molecular formula is C24H23Cl3N2O. The fourth-order valence-electron chi connectivity index (χ4n) is 3.24. The van der Waals surface area contributed by atoms with Gasteiger partial charge < -0.3 is 10.2 Å². The molecule has 0 atom stereocenters. The summed E-state index contributed by atoms with van der Waals surface area (Å²) in [6.45, 7) is 4.93. The van der Waals surface area contributed by atoms with Gasteiger partial charge in [0, 0.05) is 33.8 Å². The molecule has 0 aliphatic heterocycles. The Kier molecular flexibility index (Phi) is 7.65. The fourth-order valence-corrected chi connectivity index (χ4v) is 3.87. The second-order valence-electron chi connectivity index (χ2n) is 7.23. The van der Waals surface area contributed by atoms with Crippen LogP contribution in [0.5, 0.6) is 0 Å². The average molecular weight is 462 g/mol. The van der Waals surface area contributed by atoms with Gasteiger partial charge in [0.2, 0.25) is 0 Å². The molecule has 0 aromatic heterocycles. The number of anilines is 1. The zero-order valence-corrected chi connectivity index (χ0v) is 19.2. The molecule has 0 aliphatic carbocycles. The van der Waals surface area contributed by atoms with Gasteiger partial charge in [-0.05, 0) is 66.8 Å². The van der Waals surface area contributed by atoms with Gasteiger partial charge in [0.15, 0.2) is 0 Å². The first kappa shape index (κ1) is 22.5. The molecule has 0 heterocycles. The Labute approximate surface area is 192 Å². The van der Waals surface area contributed by atoms with Crippen molar-refractivity contribution in [3.63, 3.8) is 0 Å². The minimum absolute atomic E-state index is 0.160. The summed E-state index contributed by atoms with van der Waals surface area (Å²) in [7, 11) is 0. The van der Waals surface area contributed by atoms with Crippen LogP contribution >= 0.6 is 34.8 Å². The summed E-state index contributed by atoms with van der Waals surface area (Å²) in [6, 6.07) is 18.7. The summed E-state index contributed by atoms with van der Waals surface area (Å²) >= 11 is 18.3. The number of halogens is 3. The van der Waals surface area contributed by atoms with Crippen molar-refractivity contribution in [2.24, 2.45) is 0 Å². The Morgan fingerprint density at radius 1 is 0.900 bits per heavy atom. The third-order valence-corrected chi connectivity index (χ3v) is 5.79. The molecular weight excluding hydrogens is 439 g/mol. The Bertz CT molecular complexity index is 1010. The molecule has 0 aliphatic rings. The van der Waals surface area contributed by atoms with E-state index in [0.717, 1.165) is 27.9 Å². The highest BCUT2D eigenvalue weighted by atomic mass is 35.5. The van der Waals surface area contributed by atoms with E-state index in [1.807, 2.05) is 68.4 Å². The van der Waals surface area contributed by atoms with Crippen molar-refractivity contribution in [2.75, 3.05) is 11.9 Å². The zero-order chi connectivity index (χ0) is 21.7. The van der Waals surface area contributed by atoms with Crippen molar-refractivity contribution in [1.82, 2.24) is 4.90 Å². The van der Waals surface area contributed by atoms with Crippen molar-refractivity contribution in [3.8, 4) is 0 Å². The van der Waals surface area contributed by atoms with Gasteiger partial charge in [0.05, 0.1) is 0 Å². The number of hydrogen-bond donors (Lipinski definition) is 1. The molecule has 0 bridgehead atoms. The number of aryl methyl sites for hydroxylation is 2. The lowest BCUT2D eigenvalue weighted by Gasteiger charge is -2.25. The maximum absolute atomic E-state index is 13.2. The first-order chi connectivity index (χ1) is 14.3. The molecule has 0 unspecified atom stereocenters. The van der Waals surface area contributed by atoms with E-state index in [-0.39, 0.29) is 6.03 Å². The summed E-state index contributed by atoms with van der Waals surface area (Å²) in [4.78, 5) is 15.0. The number of para-hydroxylation sites is 1. The monoisotopic (exact) mass is 460 g/mol. The summed E-state index contributed by atoms with van der Waals surface area (Å²) in [6.07, 6.45) is 0.615. The van der Waals surface area contributed by atoms with Crippen molar-refractivity contribution >= 4 is 46.5 Å². The molecule has 3 rings (SSSR count). The van der Waals surface area contributed by atoms with Crippen molar-refractivity contribution in [2.45, 2.75) is 26.8 Å². The number of hydrogen-bond acceptors (Lipinski definition) is 1. The summed E-state index contributed by atoms with van der Waals surface area (Å²) in [5.74, 6) is 0. The molecule has 2 amide bonds. The Hall–Kier alpha value is -2.20. The highest BCUT2D eigenvalue weighted by Gasteiger charge is 2.17. The van der Waals surface area contributed by atoms with E-state index >= 15 is 0 Å². The molecule has 0 radical (unpaired) electrons. The fraction of sp³-hybridized carbons (Fsp3) is 0.208. The number of amides is 2. The van der Waals surface area contributed by atoms with Crippen LogP contribution in [0.3, 0.4) is 0 Å². The zero-order valence-electron chi connectivity index (χ0n) is 16.9. The van der Waals surface area contributed by atoms with Crippen molar-refractivity contribution in [1.29, 1.82) is 0 Å². The van der Waals surface area contributed by atoms with Gasteiger partial charge >= 0.3 is 6.03 Å². The minimum Gasteiger partial charge on any atom is -0.320 e. The third-order valence-electron chi connectivity index (χ3n) is 4.95. The van der Waals surface area contributed by atoms with Crippen LogP contribution in [0, 0.1) is 13.8 Å². The van der Waals surface area contributed by atoms with Crippen LogP contribution in [0.15, 0.2) is 60.7 Å². The molecule has 0 spiro atoms. The van der Waals surface area contributed by atoms with Crippen LogP contribution in [0.25, 0.3) is 0 Å². The molecule has 0 fully saturated rings. The summed E-state index contributed by atoms with van der Waals surface area (Å²) in [5, 5.41) is 4.94. The number of urea groups is 1. The lowest BCUT2D eigenvalue weighted by molar-refractivity contribution is 0.209. The molecule has 0 saturated heterocycles. The largest absolute Gasteiger partial charge is 0.322 e. The topological polar surface area (TPSA) is 32.3 Å². The number of carbonyl (C=O) groups excluding carboxylic acids is 1. The first-order valence-electron chi connectivity index (χ1n) is 9.64. The maximum atomic E-state index is 13.2. The number of nitrogens with one attached hydrogen (secondary N) is 1. The predicted octanol–water partition coefficient (Wildman–Crippen LogP) is 7.54. The Morgan fingerprint density at radius 2 is 1.53 bits per heavy atom. The predicted molar refractivity (Wildman–Crippen MR) is 127 cm³/mol. The molecule has 3 aromatic rings. The molecule has 3 nitrogen and oxygen atoms in total. The van der Waals surface area contributed by atoms with Crippen molar-refractivity contribution in [3.05, 3.63) is 98.0 Å². The van der Waals surface area contributed by atoms with Crippen molar-refractivity contribution < 1.29 is 4.79 Å². The van der Waals surface area contributed by atoms with Gasteiger partial charge in [-0.3, -0.25) is 0 Å². The van der Waals surface area contributed by atoms with E-state index in [9.17, 15) is 4.79 Å². The van der Waals surface area contributed by atoms with Gasteiger partial charge in [-0.15, -0.1) is 0 Å². The second-order valence-corrected chi connectivity index (χ2v) is 8.51. The van der Waals surface area contributed by atoms with E-state index in [0.29, 0.717) is 34.6 Å². The van der Waals surface area contributed by atoms with Crippen LogP contribution in [0.2, 0.25) is 15.1 Å². The highest BCUT2D eigenvalue weighted by Crippen LogP contribution is 2.23. The van der Waals surface area contributed by atoms with Crippen LogP contribution in [-0.2, 0) is 13.0 Å². The molecule has 1 N–H and O–H groups in total. The number of benzene rings is 3. The van der Waals surface area contributed by atoms with Gasteiger partial charge in [0.25, 0.3) is 0 Å². The molecule has 30 heavy (non-hydrogen) atoms. The van der Waals surface area contributed by atoms with Gasteiger partial charge in [-0.2, -0.15) is 0 Å². The third kappa shape index (κ3) is 5.91. The van der Waals surface area contributed by atoms with Gasteiger partial charge in [-0.25, -0.2) is 4.79 Å². The summed E-state index contributed by atoms with van der Waals surface area (Å²) in [5.41, 5.74) is 4.83. The number of carbonyl (C=O) groups is 1. The Balaban J connectivity index is 1.80. The minimum atomic E-state index is -0.160. The normalized spacial score (nSPS) is 10.7.